The van der Waals surface area contributed by atoms with Crippen LogP contribution in [0.5, 0.6) is 0 Å². The predicted octanol–water partition coefficient (Wildman–Crippen LogP) is 4.85. The summed E-state index contributed by atoms with van der Waals surface area (Å²) in [4.78, 5) is 0. The van der Waals surface area contributed by atoms with Crippen LogP contribution in [0.3, 0.4) is 0 Å². The molecular formula is C4H6Cl6Si2. The molecule has 0 aromatic heterocycles. The number of halogens is 6. The first kappa shape index (κ1) is 13.9. The monoisotopic (exact) mass is 320 g/mol. The SMILES string of the molecule is C=C(C[Si](Cl)(Cl)Cl)C[Si](Cl)(Cl)Cl. The van der Waals surface area contributed by atoms with E-state index in [1.165, 1.54) is 0 Å². The van der Waals surface area contributed by atoms with Gasteiger partial charge in [-0.3, -0.25) is 0 Å². The van der Waals surface area contributed by atoms with Crippen molar-refractivity contribution in [3.63, 3.8) is 0 Å². The topological polar surface area (TPSA) is 0 Å². The van der Waals surface area contributed by atoms with Gasteiger partial charge in [-0.2, -0.15) is 0 Å². The van der Waals surface area contributed by atoms with Crippen LogP contribution in [0.15, 0.2) is 12.2 Å². The Labute approximate surface area is 102 Å². The highest BCUT2D eigenvalue weighted by Gasteiger charge is 2.31. The maximum absolute atomic E-state index is 5.65. The average molecular weight is 323 g/mol. The molecule has 8 heteroatoms. The van der Waals surface area contributed by atoms with Crippen LogP contribution in [0.2, 0.25) is 12.1 Å². The van der Waals surface area contributed by atoms with Gasteiger partial charge < -0.3 is 0 Å². The Kier molecular flexibility index (Phi) is 5.94. The molecular weight excluding hydrogens is 317 g/mol. The second-order valence-corrected chi connectivity index (χ2v) is 20.6. The van der Waals surface area contributed by atoms with Crippen LogP contribution in [0.4, 0.5) is 0 Å². The zero-order chi connectivity index (χ0) is 9.99. The van der Waals surface area contributed by atoms with E-state index in [2.05, 4.69) is 6.58 Å². The van der Waals surface area contributed by atoms with E-state index in [4.69, 9.17) is 66.5 Å². The third-order valence-corrected chi connectivity index (χ3v) is 5.11. The van der Waals surface area contributed by atoms with Crippen LogP contribution in [0.1, 0.15) is 0 Å². The Morgan fingerprint density at radius 1 is 0.833 bits per heavy atom. The van der Waals surface area contributed by atoms with Crippen LogP contribution < -0.4 is 0 Å². The van der Waals surface area contributed by atoms with Crippen molar-refractivity contribution in [1.82, 2.24) is 0 Å². The minimum atomic E-state index is -2.66. The fraction of sp³-hybridized carbons (Fsp3) is 0.500. The van der Waals surface area contributed by atoms with Gasteiger partial charge in [0.05, 0.1) is 0 Å². The first-order valence-corrected chi connectivity index (χ1v) is 13.4. The van der Waals surface area contributed by atoms with Crippen molar-refractivity contribution in [3.8, 4) is 0 Å². The fourth-order valence-corrected chi connectivity index (χ4v) is 5.67. The summed E-state index contributed by atoms with van der Waals surface area (Å²) in [6.45, 7) is 3.69. The van der Waals surface area contributed by atoms with Gasteiger partial charge >= 0.3 is 12.0 Å². The van der Waals surface area contributed by atoms with Crippen LogP contribution in [-0.4, -0.2) is 12.0 Å². The van der Waals surface area contributed by atoms with Gasteiger partial charge in [0.2, 0.25) is 0 Å². The molecule has 0 aromatic rings. The van der Waals surface area contributed by atoms with Crippen LogP contribution >= 0.6 is 66.5 Å². The minimum Gasteiger partial charge on any atom is -0.126 e. The predicted molar refractivity (Wildman–Crippen MR) is 65.4 cm³/mol. The molecule has 12 heavy (non-hydrogen) atoms. The van der Waals surface area contributed by atoms with Gasteiger partial charge in [0.1, 0.15) is 0 Å². The molecule has 0 aliphatic carbocycles. The molecule has 0 rings (SSSR count). The zero-order valence-electron chi connectivity index (χ0n) is 5.89. The quantitative estimate of drug-likeness (QED) is 0.394. The number of hydrogen-bond acceptors (Lipinski definition) is 0. The van der Waals surface area contributed by atoms with Gasteiger partial charge in [-0.05, 0) is 0 Å². The van der Waals surface area contributed by atoms with E-state index in [0.717, 1.165) is 0 Å². The lowest BCUT2D eigenvalue weighted by Gasteiger charge is -2.13. The molecule has 72 valence electrons. The lowest BCUT2D eigenvalue weighted by Crippen LogP contribution is -2.15. The molecule has 0 saturated carbocycles. The summed E-state index contributed by atoms with van der Waals surface area (Å²) in [5, 5.41) is 0. The first-order valence-electron chi connectivity index (χ1n) is 2.90. The first-order chi connectivity index (χ1) is 5.10. The summed E-state index contributed by atoms with van der Waals surface area (Å²) >= 11 is 33.9. The molecule has 0 nitrogen and oxygen atoms in total. The van der Waals surface area contributed by atoms with E-state index >= 15 is 0 Å². The van der Waals surface area contributed by atoms with Gasteiger partial charge in [-0.25, -0.2) is 0 Å². The zero-order valence-corrected chi connectivity index (χ0v) is 12.4. The van der Waals surface area contributed by atoms with Gasteiger partial charge in [0.25, 0.3) is 0 Å². The van der Waals surface area contributed by atoms with Gasteiger partial charge in [0.15, 0.2) is 0 Å². The van der Waals surface area contributed by atoms with Crippen molar-refractivity contribution in [2.45, 2.75) is 12.1 Å². The minimum absolute atomic E-state index is 0.360. The van der Waals surface area contributed by atoms with E-state index < -0.39 is 12.0 Å². The summed E-state index contributed by atoms with van der Waals surface area (Å²) in [7, 11) is 0. The second kappa shape index (κ2) is 5.12. The summed E-state index contributed by atoms with van der Waals surface area (Å²) in [5.74, 6) is 0. The molecule has 0 bridgehead atoms. The van der Waals surface area contributed by atoms with Crippen molar-refractivity contribution in [2.75, 3.05) is 0 Å². The largest absolute Gasteiger partial charge is 0.345 e. The smallest absolute Gasteiger partial charge is 0.126 e. The molecule has 0 aromatic carbocycles. The fourth-order valence-electron chi connectivity index (χ4n) is 0.629. The number of hydrogen-bond donors (Lipinski definition) is 0. The van der Waals surface area contributed by atoms with Gasteiger partial charge in [-0.1, -0.05) is 5.57 Å². The number of rotatable bonds is 4. The summed E-state index contributed by atoms with van der Waals surface area (Å²) in [5.41, 5.74) is 0.716. The van der Waals surface area contributed by atoms with Crippen LogP contribution in [0.25, 0.3) is 0 Å². The van der Waals surface area contributed by atoms with Gasteiger partial charge in [-0.15, -0.1) is 73.1 Å². The normalized spacial score (nSPS) is 13.2. The third kappa shape index (κ3) is 10.00. The molecule has 0 spiro atoms. The van der Waals surface area contributed by atoms with E-state index in [9.17, 15) is 0 Å². The van der Waals surface area contributed by atoms with E-state index in [1.807, 2.05) is 0 Å². The molecule has 0 heterocycles. The molecule has 0 saturated heterocycles. The van der Waals surface area contributed by atoms with Crippen molar-refractivity contribution < 1.29 is 0 Å². The Morgan fingerprint density at radius 2 is 1.08 bits per heavy atom. The average Bonchev–Trinajstić information content (AvgIpc) is 1.49. The molecule has 0 fully saturated rings. The molecule has 0 aliphatic rings. The summed E-state index contributed by atoms with van der Waals surface area (Å²) in [6.07, 6.45) is 0. The van der Waals surface area contributed by atoms with Crippen molar-refractivity contribution >= 4 is 78.5 Å². The molecule has 0 radical (unpaired) electrons. The lowest BCUT2D eigenvalue weighted by molar-refractivity contribution is 1.38. The maximum Gasteiger partial charge on any atom is 0.345 e. The molecule has 0 atom stereocenters. The number of allylic oxidation sites excluding steroid dienone is 1. The van der Waals surface area contributed by atoms with E-state index in [0.29, 0.717) is 17.7 Å². The Hall–Kier alpha value is 1.91. The molecule has 0 aliphatic heterocycles. The highest BCUT2D eigenvalue weighted by molar-refractivity contribution is 7.65. The summed E-state index contributed by atoms with van der Waals surface area (Å²) < 4.78 is 0. The van der Waals surface area contributed by atoms with Crippen LogP contribution in [0, 0.1) is 0 Å². The Balaban J connectivity index is 3.92. The molecule has 0 amide bonds. The molecule has 0 unspecified atom stereocenters. The summed E-state index contributed by atoms with van der Waals surface area (Å²) in [6, 6.07) is -4.59. The second-order valence-electron chi connectivity index (χ2n) is 2.33. The molecule has 0 N–H and O–H groups in total. The standard InChI is InChI=1S/C4H6Cl6Si2/c1-4(2-11(5,6)7)3-12(8,9)10/h1-3H2. The highest BCUT2D eigenvalue weighted by Crippen LogP contribution is 2.35. The Morgan fingerprint density at radius 3 is 1.25 bits per heavy atom. The van der Waals surface area contributed by atoms with Gasteiger partial charge in [0, 0.05) is 12.1 Å². The van der Waals surface area contributed by atoms with Crippen molar-refractivity contribution in [2.24, 2.45) is 0 Å². The van der Waals surface area contributed by atoms with E-state index in [-0.39, 0.29) is 0 Å². The van der Waals surface area contributed by atoms with Crippen molar-refractivity contribution in [3.05, 3.63) is 12.2 Å². The lowest BCUT2D eigenvalue weighted by atomic mass is 10.4. The Bertz CT molecular complexity index is 149. The van der Waals surface area contributed by atoms with Crippen LogP contribution in [-0.2, 0) is 0 Å². The van der Waals surface area contributed by atoms with Crippen molar-refractivity contribution in [1.29, 1.82) is 0 Å². The van der Waals surface area contributed by atoms with E-state index in [1.54, 1.807) is 0 Å². The highest BCUT2D eigenvalue weighted by atomic mass is 35.8. The maximum atomic E-state index is 5.65. The third-order valence-electron chi connectivity index (χ3n) is 0.901.